The van der Waals surface area contributed by atoms with Crippen LogP contribution in [0.25, 0.3) is 0 Å². The Labute approximate surface area is 110 Å². The number of ether oxygens (including phenoxy) is 1. The van der Waals surface area contributed by atoms with Gasteiger partial charge in [-0.2, -0.15) is 4.98 Å². The van der Waals surface area contributed by atoms with Gasteiger partial charge in [-0.15, -0.1) is 0 Å². The van der Waals surface area contributed by atoms with Crippen LogP contribution in [0.5, 0.6) is 0 Å². The fourth-order valence-electron chi connectivity index (χ4n) is 1.01. The molecule has 0 atom stereocenters. The number of nitrogens with one attached hydrogen (secondary N) is 1. The van der Waals surface area contributed by atoms with Crippen LogP contribution in [-0.4, -0.2) is 39.3 Å². The van der Waals surface area contributed by atoms with Crippen LogP contribution in [0.3, 0.4) is 0 Å². The van der Waals surface area contributed by atoms with Crippen LogP contribution in [0.1, 0.15) is 12.8 Å². The van der Waals surface area contributed by atoms with E-state index in [2.05, 4.69) is 15.3 Å². The highest BCUT2D eigenvalue weighted by Crippen LogP contribution is 2.26. The molecule has 2 rings (SSSR count). The zero-order chi connectivity index (χ0) is 14.5. The minimum atomic E-state index is -3.64. The lowest BCUT2D eigenvalue weighted by Crippen LogP contribution is -2.11. The van der Waals surface area contributed by atoms with Crippen molar-refractivity contribution in [1.29, 1.82) is 0 Å². The normalized spacial score (nSPS) is 14.5. The topological polar surface area (TPSA) is 157 Å². The molecule has 1 aromatic rings. The third kappa shape index (κ3) is 8.33. The van der Waals surface area contributed by atoms with Gasteiger partial charge in [0, 0.05) is 6.66 Å². The van der Waals surface area contributed by atoms with Crippen LogP contribution >= 0.6 is 7.60 Å². The highest BCUT2D eigenvalue weighted by molar-refractivity contribution is 7.50. The smallest absolute Gasteiger partial charge is 0.322 e. The molecule has 7 N–H and O–H groups in total. The van der Waals surface area contributed by atoms with Crippen molar-refractivity contribution in [3.63, 3.8) is 0 Å². The van der Waals surface area contributed by atoms with E-state index < -0.39 is 7.60 Å². The number of nitrogens with zero attached hydrogens (tertiary/aromatic N) is 2. The Hall–Kier alpha value is -1.41. The van der Waals surface area contributed by atoms with E-state index in [1.165, 1.54) is 6.20 Å². The molecule has 0 radical (unpaired) electrons. The van der Waals surface area contributed by atoms with Gasteiger partial charge in [-0.1, -0.05) is 0 Å². The number of nitrogens with two attached hydrogens (primary N) is 2. The summed E-state index contributed by atoms with van der Waals surface area (Å²) < 4.78 is 14.7. The van der Waals surface area contributed by atoms with Crippen LogP contribution in [0.2, 0.25) is 0 Å². The molecule has 108 valence electrons. The third-order valence-electron chi connectivity index (χ3n) is 1.92. The van der Waals surface area contributed by atoms with Gasteiger partial charge >= 0.3 is 7.60 Å². The van der Waals surface area contributed by atoms with E-state index in [0.29, 0.717) is 24.3 Å². The molecule has 0 bridgehead atoms. The Bertz CT molecular complexity index is 454. The monoisotopic (exact) mass is 291 g/mol. The Balaban J connectivity index is 0.000000312. The molecule has 1 aromatic heterocycles. The average molecular weight is 291 g/mol. The minimum Gasteiger partial charge on any atom is -0.394 e. The van der Waals surface area contributed by atoms with Crippen LogP contribution in [-0.2, 0) is 9.30 Å². The molecule has 1 aliphatic carbocycles. The number of anilines is 3. The van der Waals surface area contributed by atoms with Gasteiger partial charge in [0.1, 0.15) is 6.73 Å². The van der Waals surface area contributed by atoms with Crippen molar-refractivity contribution in [1.82, 2.24) is 9.97 Å². The molecule has 0 saturated heterocycles. The first kappa shape index (κ1) is 15.6. The lowest BCUT2D eigenvalue weighted by Gasteiger charge is -2.08. The van der Waals surface area contributed by atoms with E-state index in [4.69, 9.17) is 26.0 Å². The Morgan fingerprint density at radius 3 is 2.63 bits per heavy atom. The molecule has 9 nitrogen and oxygen atoms in total. The van der Waals surface area contributed by atoms with Crippen molar-refractivity contribution in [2.75, 3.05) is 30.2 Å². The first-order chi connectivity index (χ1) is 8.75. The summed E-state index contributed by atoms with van der Waals surface area (Å²) in [5.74, 6) is 0.728. The van der Waals surface area contributed by atoms with Crippen LogP contribution < -0.4 is 16.8 Å². The van der Waals surface area contributed by atoms with Crippen molar-refractivity contribution < 1.29 is 19.1 Å². The van der Waals surface area contributed by atoms with Gasteiger partial charge in [-0.05, 0) is 12.8 Å². The second-order valence-electron chi connectivity index (χ2n) is 4.05. The number of aromatic nitrogens is 2. The molecule has 0 spiro atoms. The lowest BCUT2D eigenvalue weighted by molar-refractivity contribution is 0.137. The van der Waals surface area contributed by atoms with E-state index >= 15 is 0 Å². The molecule has 0 aromatic carbocycles. The van der Waals surface area contributed by atoms with E-state index in [0.717, 1.165) is 19.5 Å². The zero-order valence-electron chi connectivity index (χ0n) is 10.5. The second-order valence-corrected chi connectivity index (χ2v) is 5.73. The second kappa shape index (κ2) is 6.67. The van der Waals surface area contributed by atoms with Gasteiger partial charge in [0.05, 0.1) is 18.0 Å². The largest absolute Gasteiger partial charge is 0.394 e. The van der Waals surface area contributed by atoms with Gasteiger partial charge in [0.25, 0.3) is 0 Å². The molecular weight excluding hydrogens is 273 g/mol. The van der Waals surface area contributed by atoms with Gasteiger partial charge < -0.3 is 31.3 Å². The fourth-order valence-corrected chi connectivity index (χ4v) is 1.01. The molecule has 1 aliphatic rings. The van der Waals surface area contributed by atoms with Gasteiger partial charge in [-0.25, -0.2) is 4.98 Å². The average Bonchev–Trinajstić information content (AvgIpc) is 3.05. The van der Waals surface area contributed by atoms with E-state index in [-0.39, 0.29) is 5.95 Å². The molecule has 1 heterocycles. The van der Waals surface area contributed by atoms with Gasteiger partial charge in [0.2, 0.25) is 5.95 Å². The van der Waals surface area contributed by atoms with E-state index in [1.54, 1.807) is 0 Å². The molecule has 19 heavy (non-hydrogen) atoms. The standard InChI is InChI=1S/C8H13N5O.CH5O3P/c9-6-3-11-8(10)13-7(6)12-4-14-5-1-2-5;1-5(2,3)4/h3,5H,1-2,4,9H2,(H3,10,11,12,13);1H3,(H2,2,3,4). The predicted octanol–water partition coefficient (Wildman–Crippen LogP) is -0.0167. The molecule has 1 saturated carbocycles. The maximum absolute atomic E-state index is 9.33. The van der Waals surface area contributed by atoms with E-state index in [9.17, 15) is 4.57 Å². The summed E-state index contributed by atoms with van der Waals surface area (Å²) in [7, 11) is -3.64. The highest BCUT2D eigenvalue weighted by atomic mass is 31.2. The van der Waals surface area contributed by atoms with Crippen molar-refractivity contribution in [3.8, 4) is 0 Å². The summed E-state index contributed by atoms with van der Waals surface area (Å²) in [5.41, 5.74) is 11.5. The minimum absolute atomic E-state index is 0.202. The first-order valence-electron chi connectivity index (χ1n) is 5.52. The maximum Gasteiger partial charge on any atom is 0.322 e. The third-order valence-corrected chi connectivity index (χ3v) is 1.92. The molecule has 0 unspecified atom stereocenters. The Morgan fingerprint density at radius 1 is 1.53 bits per heavy atom. The first-order valence-corrected chi connectivity index (χ1v) is 7.58. The highest BCUT2D eigenvalue weighted by Gasteiger charge is 2.21. The Morgan fingerprint density at radius 2 is 2.11 bits per heavy atom. The summed E-state index contributed by atoms with van der Waals surface area (Å²) in [6.07, 6.45) is 4.16. The molecule has 0 aliphatic heterocycles. The molecule has 1 fully saturated rings. The van der Waals surface area contributed by atoms with Crippen LogP contribution in [0, 0.1) is 0 Å². The molecule has 10 heteroatoms. The number of hydrogen-bond acceptors (Lipinski definition) is 7. The van der Waals surface area contributed by atoms with Gasteiger partial charge in [-0.3, -0.25) is 4.57 Å². The van der Waals surface area contributed by atoms with Crippen LogP contribution in [0.15, 0.2) is 6.20 Å². The summed E-state index contributed by atoms with van der Waals surface area (Å²) >= 11 is 0. The van der Waals surface area contributed by atoms with Gasteiger partial charge in [0.15, 0.2) is 5.82 Å². The maximum atomic E-state index is 9.33. The van der Waals surface area contributed by atoms with Crippen molar-refractivity contribution >= 4 is 25.0 Å². The zero-order valence-corrected chi connectivity index (χ0v) is 11.4. The van der Waals surface area contributed by atoms with Crippen LogP contribution in [0.4, 0.5) is 17.5 Å². The SMILES string of the molecule is CP(=O)(O)O.Nc1ncc(N)c(NCOC2CC2)n1. The van der Waals surface area contributed by atoms with Crippen molar-refractivity contribution in [3.05, 3.63) is 6.20 Å². The number of rotatable bonds is 4. The summed E-state index contributed by atoms with van der Waals surface area (Å²) in [6, 6.07) is 0. The predicted molar refractivity (Wildman–Crippen MR) is 71.4 cm³/mol. The summed E-state index contributed by atoms with van der Waals surface area (Å²) in [5, 5.41) is 2.95. The van der Waals surface area contributed by atoms with Crippen molar-refractivity contribution in [2.45, 2.75) is 18.9 Å². The molecule has 0 amide bonds. The number of nitrogen functional groups attached to an aromatic ring is 2. The Kier molecular flexibility index (Phi) is 5.49. The number of hydrogen-bond donors (Lipinski definition) is 5. The quantitative estimate of drug-likeness (QED) is 0.380. The summed E-state index contributed by atoms with van der Waals surface area (Å²) in [6.45, 7) is 1.26. The van der Waals surface area contributed by atoms with E-state index in [1.807, 2.05) is 0 Å². The van der Waals surface area contributed by atoms with Crippen molar-refractivity contribution in [2.24, 2.45) is 0 Å². The summed E-state index contributed by atoms with van der Waals surface area (Å²) in [4.78, 5) is 23.0. The lowest BCUT2D eigenvalue weighted by atomic mass is 10.5. The molecular formula is C9H18N5O4P. The fraction of sp³-hybridized carbons (Fsp3) is 0.556.